The minimum atomic E-state index is -0.854. The van der Waals surface area contributed by atoms with E-state index in [1.807, 2.05) is 0 Å². The highest BCUT2D eigenvalue weighted by Gasteiger charge is 2.55. The van der Waals surface area contributed by atoms with Crippen molar-refractivity contribution in [3.8, 4) is 0 Å². The molecule has 296 valence electrons. The topological polar surface area (TPSA) is 18.8 Å². The van der Waals surface area contributed by atoms with Gasteiger partial charge in [-0.05, 0) is 166 Å². The summed E-state index contributed by atoms with van der Waals surface area (Å²) in [5.41, 5.74) is 4.58. The van der Waals surface area contributed by atoms with Gasteiger partial charge in [-0.1, -0.05) is 0 Å². The van der Waals surface area contributed by atoms with Crippen molar-refractivity contribution in [3.63, 3.8) is 0 Å². The standard InChI is InChI=1S/C45H84N6P/c1-25(2)46(26(3)4)37-38(47(27(5)6)28(7)8)43(37)52(44-39(48(29(9)10)30(11)12)40(44)49(31(13)14)32(15)16)45-41(50(33(17)18)34(19)20)42(45)51(35(21)22)36(23)24/h25-36H,1-24H3/q+3. The molecule has 0 saturated heterocycles. The van der Waals surface area contributed by atoms with E-state index in [0.717, 1.165) is 0 Å². The van der Waals surface area contributed by atoms with Crippen LogP contribution in [-0.4, -0.2) is 72.5 Å². The predicted octanol–water partition coefficient (Wildman–Crippen LogP) is 6.71. The van der Waals surface area contributed by atoms with Crippen molar-refractivity contribution in [2.24, 2.45) is 0 Å². The summed E-state index contributed by atoms with van der Waals surface area (Å²) in [4.78, 5) is 8.25. The molecule has 0 N–H and O–H groups in total. The van der Waals surface area contributed by atoms with E-state index in [0.29, 0.717) is 72.5 Å². The second-order valence-corrected chi connectivity index (χ2v) is 21.1. The highest BCUT2D eigenvalue weighted by molar-refractivity contribution is 7.82. The Morgan fingerprint density at radius 3 is 0.558 bits per heavy atom. The smallest absolute Gasteiger partial charge is 0.235 e. The third-order valence-electron chi connectivity index (χ3n) is 10.7. The molecule has 6 nitrogen and oxygen atoms in total. The molecule has 0 fully saturated rings. The van der Waals surface area contributed by atoms with Crippen LogP contribution >= 0.6 is 7.92 Å². The molecule has 0 radical (unpaired) electrons. The van der Waals surface area contributed by atoms with Crippen LogP contribution in [0, 0.1) is 0 Å². The van der Waals surface area contributed by atoms with Gasteiger partial charge >= 0.3 is 0 Å². The minimum absolute atomic E-state index is 0.407. The maximum atomic E-state index is 2.75. The molecule has 0 amide bonds. The zero-order chi connectivity index (χ0) is 40.2. The van der Waals surface area contributed by atoms with Crippen LogP contribution in [-0.2, 0) is 0 Å². The van der Waals surface area contributed by atoms with Gasteiger partial charge in [0.1, 0.15) is 53.3 Å². The van der Waals surface area contributed by atoms with Gasteiger partial charge in [0.15, 0.2) is 0 Å². The van der Waals surface area contributed by atoms with E-state index >= 15 is 0 Å². The van der Waals surface area contributed by atoms with Crippen molar-refractivity contribution in [3.05, 3.63) is 16.1 Å². The summed E-state index contributed by atoms with van der Waals surface area (Å²) >= 11 is 0. The van der Waals surface area contributed by atoms with Crippen molar-refractivity contribution in [1.82, 2.24) is 13.7 Å². The van der Waals surface area contributed by atoms with E-state index in [1.165, 1.54) is 33.1 Å². The first-order valence-electron chi connectivity index (χ1n) is 21.2. The van der Waals surface area contributed by atoms with Crippen LogP contribution in [0.3, 0.4) is 0 Å². The van der Waals surface area contributed by atoms with Crippen LogP contribution < -0.4 is 60.4 Å². The van der Waals surface area contributed by atoms with Crippen molar-refractivity contribution in [1.29, 1.82) is 0 Å². The summed E-state index contributed by atoms with van der Waals surface area (Å²) < 4.78 is 8.25. The maximum Gasteiger partial charge on any atom is 0.235 e. The van der Waals surface area contributed by atoms with Gasteiger partial charge in [0.2, 0.25) is 16.1 Å². The van der Waals surface area contributed by atoms with E-state index in [1.54, 1.807) is 15.9 Å². The second kappa shape index (κ2) is 16.8. The Labute approximate surface area is 323 Å². The van der Waals surface area contributed by atoms with E-state index < -0.39 is 7.92 Å². The van der Waals surface area contributed by atoms with Gasteiger partial charge in [0.25, 0.3) is 0 Å². The average molecular weight is 740 g/mol. The summed E-state index contributed by atoms with van der Waals surface area (Å²) in [6.45, 7) is 57.5. The van der Waals surface area contributed by atoms with Gasteiger partial charge in [-0.15, -0.1) is 0 Å². The number of anilines is 3. The van der Waals surface area contributed by atoms with Crippen LogP contribution in [0.5, 0.6) is 0 Å². The van der Waals surface area contributed by atoms with Gasteiger partial charge in [0, 0.05) is 44.2 Å². The molecule has 7 heteroatoms. The average Bonchev–Trinajstić information content (AvgIpc) is 3.89. The molecule has 0 atom stereocenters. The fourth-order valence-electron chi connectivity index (χ4n) is 9.59. The van der Waals surface area contributed by atoms with Crippen LogP contribution in [0.4, 0.5) is 17.1 Å². The molecule has 52 heavy (non-hydrogen) atoms. The number of nitrogens with zero attached hydrogens (tertiary/aromatic N) is 6. The van der Waals surface area contributed by atoms with Gasteiger partial charge in [-0.25, -0.2) is 13.7 Å². The lowest BCUT2D eigenvalue weighted by molar-refractivity contribution is 0.429. The molecule has 0 aliphatic carbocycles. The molecule has 0 heterocycles. The second-order valence-electron chi connectivity index (χ2n) is 19.0. The molecule has 0 aromatic heterocycles. The Morgan fingerprint density at radius 1 is 0.288 bits per heavy atom. The number of rotatable bonds is 18. The Morgan fingerprint density at radius 2 is 0.442 bits per heavy atom. The van der Waals surface area contributed by atoms with Crippen molar-refractivity contribution < 1.29 is 0 Å². The van der Waals surface area contributed by atoms with Gasteiger partial charge in [-0.2, -0.15) is 0 Å². The summed E-state index contributed by atoms with van der Waals surface area (Å²) in [5, 5.41) is 9.46. The number of hydrogen-bond acceptors (Lipinski definition) is 3. The number of hydrogen-bond donors (Lipinski definition) is 0. The molecular formula is C45H84N6P+3. The molecular weight excluding hydrogens is 656 g/mol. The quantitative estimate of drug-likeness (QED) is 0.107. The molecule has 0 unspecified atom stereocenters. The lowest BCUT2D eigenvalue weighted by Gasteiger charge is -2.30. The molecule has 0 saturated carbocycles. The van der Waals surface area contributed by atoms with E-state index in [4.69, 9.17) is 0 Å². The summed E-state index contributed by atoms with van der Waals surface area (Å²) in [7, 11) is -0.854. The first-order chi connectivity index (χ1) is 23.9. The first kappa shape index (κ1) is 44.5. The predicted molar refractivity (Wildman–Crippen MR) is 237 cm³/mol. The Hall–Kier alpha value is -1.94. The van der Waals surface area contributed by atoms with Crippen molar-refractivity contribution in [2.75, 3.05) is 14.7 Å². The molecule has 3 aromatic rings. The van der Waals surface area contributed by atoms with Gasteiger partial charge in [0.05, 0.1) is 15.9 Å². The zero-order valence-electron chi connectivity index (χ0n) is 38.6. The lowest BCUT2D eigenvalue weighted by Crippen LogP contribution is -2.43. The normalized spacial score (nSPS) is 13.3. The Balaban J connectivity index is 2.84. The fourth-order valence-corrected chi connectivity index (χ4v) is 12.7. The lowest BCUT2D eigenvalue weighted by atomic mass is 10.2. The van der Waals surface area contributed by atoms with Gasteiger partial charge < -0.3 is 14.7 Å². The summed E-state index contributed by atoms with van der Waals surface area (Å²) in [5.74, 6) is 0. The molecule has 0 bridgehead atoms. The van der Waals surface area contributed by atoms with Crippen molar-refractivity contribution in [2.45, 2.75) is 239 Å². The third-order valence-corrected chi connectivity index (χ3v) is 13.3. The third kappa shape index (κ3) is 8.48. The monoisotopic (exact) mass is 740 g/mol. The maximum absolute atomic E-state index is 2.75. The molecule has 0 aliphatic rings. The zero-order valence-corrected chi connectivity index (χ0v) is 39.5. The van der Waals surface area contributed by atoms with E-state index in [-0.39, 0.29) is 0 Å². The van der Waals surface area contributed by atoms with Crippen LogP contribution in [0.2, 0.25) is 0 Å². The molecule has 3 rings (SSSR count). The highest BCUT2D eigenvalue weighted by Crippen LogP contribution is 2.47. The van der Waals surface area contributed by atoms with Crippen molar-refractivity contribution >= 4 is 40.9 Å². The van der Waals surface area contributed by atoms with E-state index in [9.17, 15) is 0 Å². The first-order valence-corrected chi connectivity index (χ1v) is 22.6. The molecule has 3 aromatic carbocycles. The summed E-state index contributed by atoms with van der Waals surface area (Å²) in [6.07, 6.45) is 0. The van der Waals surface area contributed by atoms with Crippen LogP contribution in [0.25, 0.3) is 0 Å². The minimum Gasteiger partial charge on any atom is -0.361 e. The largest absolute Gasteiger partial charge is 0.361 e. The molecule has 0 aliphatic heterocycles. The molecule has 0 spiro atoms. The van der Waals surface area contributed by atoms with Crippen LogP contribution in [0.15, 0.2) is 0 Å². The van der Waals surface area contributed by atoms with Gasteiger partial charge in [-0.3, -0.25) is 0 Å². The Kier molecular flexibility index (Phi) is 14.4. The highest BCUT2D eigenvalue weighted by atomic mass is 31.1. The fraction of sp³-hybridized carbons (Fsp3) is 0.800. The Bertz CT molecular complexity index is 1440. The van der Waals surface area contributed by atoms with E-state index in [2.05, 4.69) is 195 Å². The van der Waals surface area contributed by atoms with Crippen LogP contribution in [0.1, 0.15) is 166 Å². The SMILES string of the molecule is CC(C)N(c1c(P(c2c(N(C(C)C)C(C)C)c2=[N+](C(C)C)C(C)C)c2c(N(C(C)C)C(C)C)c2=[N+](C(C)C)C(C)C)c1=[N+](C(C)C)C(C)C)C(C)C. The summed E-state index contributed by atoms with van der Waals surface area (Å²) in [6, 6.07) is 4.88.